The Morgan fingerprint density at radius 2 is 1.18 bits per heavy atom. The van der Waals surface area contributed by atoms with Crippen LogP contribution in [0.3, 0.4) is 0 Å². The van der Waals surface area contributed by atoms with Crippen molar-refractivity contribution < 1.29 is 37.3 Å². The van der Waals surface area contributed by atoms with E-state index in [2.05, 4.69) is 26.0 Å². The van der Waals surface area contributed by atoms with E-state index >= 15 is 0 Å². The van der Waals surface area contributed by atoms with Crippen molar-refractivity contribution in [3.05, 3.63) is 12.2 Å². The molecule has 2 unspecified atom stereocenters. The molecule has 0 radical (unpaired) electrons. The van der Waals surface area contributed by atoms with Gasteiger partial charge in [-0.25, -0.2) is 0 Å². The van der Waals surface area contributed by atoms with E-state index in [0.29, 0.717) is 24.1 Å². The van der Waals surface area contributed by atoms with Gasteiger partial charge in [0, 0.05) is 13.0 Å². The third-order valence-electron chi connectivity index (χ3n) is 7.57. The first-order chi connectivity index (χ1) is 21.1. The second-order valence-electron chi connectivity index (χ2n) is 13.2. The van der Waals surface area contributed by atoms with Crippen molar-refractivity contribution in [3.63, 3.8) is 0 Å². The van der Waals surface area contributed by atoms with Crippen LogP contribution in [0.5, 0.6) is 0 Å². The van der Waals surface area contributed by atoms with E-state index in [0.717, 1.165) is 32.1 Å². The fraction of sp³-hybridized carbons (Fsp3) is 0.914. The Hall–Kier alpha value is -0.760. The number of esters is 1. The second kappa shape index (κ2) is 29.6. The van der Waals surface area contributed by atoms with Gasteiger partial charge < -0.3 is 27.9 Å². The number of allylic oxidation sites excluding steroid dienone is 2. The molecule has 0 saturated carbocycles. The van der Waals surface area contributed by atoms with Crippen molar-refractivity contribution >= 4 is 13.8 Å². The van der Waals surface area contributed by atoms with Gasteiger partial charge in [-0.15, -0.1) is 0 Å². The monoisotopic (exact) mass is 647 g/mol. The zero-order valence-electron chi connectivity index (χ0n) is 29.4. The standard InChI is InChI=1S/C35H70NO7P/c1-6-8-10-12-14-16-17-18-19-21-23-25-27-30-40-32-34(33-42-44(38,39)41-31-29-36(3,4)5)43-35(37)28-26-24-22-20-15-13-11-9-7-2/h14,16,34H,6-13,15,17-33H2,1-5H3/b16-14-. The summed E-state index contributed by atoms with van der Waals surface area (Å²) in [7, 11) is 1.35. The van der Waals surface area contributed by atoms with Gasteiger partial charge in [-0.1, -0.05) is 116 Å². The zero-order valence-corrected chi connectivity index (χ0v) is 30.3. The molecule has 0 aromatic heterocycles. The van der Waals surface area contributed by atoms with Crippen molar-refractivity contribution in [2.45, 2.75) is 155 Å². The Morgan fingerprint density at radius 3 is 1.77 bits per heavy atom. The molecule has 0 saturated heterocycles. The van der Waals surface area contributed by atoms with E-state index in [1.54, 1.807) is 0 Å². The largest absolute Gasteiger partial charge is 0.756 e. The number of phosphoric acid groups is 1. The minimum atomic E-state index is -4.51. The highest BCUT2D eigenvalue weighted by Crippen LogP contribution is 2.38. The molecule has 44 heavy (non-hydrogen) atoms. The first-order valence-corrected chi connectivity index (χ1v) is 19.4. The Balaban J connectivity index is 4.31. The maximum absolute atomic E-state index is 12.5. The number of phosphoric ester groups is 1. The molecule has 0 spiro atoms. The molecule has 0 aromatic carbocycles. The van der Waals surface area contributed by atoms with Gasteiger partial charge in [0.15, 0.2) is 0 Å². The van der Waals surface area contributed by atoms with Crippen LogP contribution in [0, 0.1) is 0 Å². The number of likely N-dealkylation sites (N-methyl/N-ethyl adjacent to an activating group) is 1. The lowest BCUT2D eigenvalue weighted by molar-refractivity contribution is -0.870. The number of carbonyl (C=O) groups excluding carboxylic acids is 1. The first-order valence-electron chi connectivity index (χ1n) is 17.9. The number of nitrogens with zero attached hydrogens (tertiary/aromatic N) is 1. The fourth-order valence-corrected chi connectivity index (χ4v) is 5.44. The van der Waals surface area contributed by atoms with E-state index in [9.17, 15) is 14.3 Å². The maximum Gasteiger partial charge on any atom is 0.306 e. The normalized spacial score (nSPS) is 14.2. The molecule has 2 atom stereocenters. The Bertz CT molecular complexity index is 726. The average Bonchev–Trinajstić information content (AvgIpc) is 2.96. The lowest BCUT2D eigenvalue weighted by Crippen LogP contribution is -2.37. The van der Waals surface area contributed by atoms with Crippen molar-refractivity contribution in [1.29, 1.82) is 0 Å². The third-order valence-corrected chi connectivity index (χ3v) is 8.53. The maximum atomic E-state index is 12.5. The smallest absolute Gasteiger partial charge is 0.306 e. The summed E-state index contributed by atoms with van der Waals surface area (Å²) in [5, 5.41) is 0. The van der Waals surface area contributed by atoms with E-state index < -0.39 is 13.9 Å². The van der Waals surface area contributed by atoms with Gasteiger partial charge >= 0.3 is 5.97 Å². The fourth-order valence-electron chi connectivity index (χ4n) is 4.72. The third kappa shape index (κ3) is 32.6. The highest BCUT2D eigenvalue weighted by molar-refractivity contribution is 7.45. The van der Waals surface area contributed by atoms with Crippen LogP contribution in [-0.2, 0) is 27.9 Å². The van der Waals surface area contributed by atoms with Crippen molar-refractivity contribution in [2.75, 3.05) is 54.1 Å². The summed E-state index contributed by atoms with van der Waals surface area (Å²) in [5.41, 5.74) is 0. The Labute approximate surface area is 271 Å². The summed E-state index contributed by atoms with van der Waals surface area (Å²) in [6.45, 7) is 5.35. The van der Waals surface area contributed by atoms with Crippen LogP contribution < -0.4 is 4.89 Å². The zero-order chi connectivity index (χ0) is 32.8. The molecule has 0 rings (SSSR count). The molecule has 8 nitrogen and oxygen atoms in total. The van der Waals surface area contributed by atoms with Gasteiger partial charge in [0.25, 0.3) is 7.82 Å². The number of rotatable bonds is 33. The van der Waals surface area contributed by atoms with Gasteiger partial charge in [-0.05, 0) is 38.5 Å². The van der Waals surface area contributed by atoms with Gasteiger partial charge in [0.05, 0.1) is 34.4 Å². The second-order valence-corrected chi connectivity index (χ2v) is 14.6. The highest BCUT2D eigenvalue weighted by Gasteiger charge is 2.20. The quantitative estimate of drug-likeness (QED) is 0.0231. The number of hydrogen-bond donors (Lipinski definition) is 0. The Morgan fingerprint density at radius 1 is 0.682 bits per heavy atom. The first kappa shape index (κ1) is 43.2. The number of unbranched alkanes of at least 4 members (excludes halogenated alkanes) is 17. The van der Waals surface area contributed by atoms with Gasteiger partial charge in [0.2, 0.25) is 0 Å². The van der Waals surface area contributed by atoms with Crippen LogP contribution in [0.2, 0.25) is 0 Å². The number of quaternary nitrogens is 1. The number of hydrogen-bond acceptors (Lipinski definition) is 7. The summed E-state index contributed by atoms with van der Waals surface area (Å²) in [4.78, 5) is 24.8. The van der Waals surface area contributed by atoms with Gasteiger partial charge in [-0.3, -0.25) is 9.36 Å². The summed E-state index contributed by atoms with van der Waals surface area (Å²) in [6.07, 6.45) is 27.9. The SMILES string of the molecule is CCCCC/C=C\CCCCCCCCOCC(COP(=O)([O-])OCC[N+](C)(C)C)OC(=O)CCCCCCCCCCC. The van der Waals surface area contributed by atoms with Crippen LogP contribution in [0.1, 0.15) is 149 Å². The van der Waals surface area contributed by atoms with Crippen molar-refractivity contribution in [3.8, 4) is 0 Å². The molecule has 262 valence electrons. The average molecular weight is 648 g/mol. The van der Waals surface area contributed by atoms with Crippen molar-refractivity contribution in [2.24, 2.45) is 0 Å². The summed E-state index contributed by atoms with van der Waals surface area (Å²) >= 11 is 0. The van der Waals surface area contributed by atoms with E-state index in [1.807, 2.05) is 21.1 Å². The van der Waals surface area contributed by atoms with Crippen LogP contribution in [0.25, 0.3) is 0 Å². The van der Waals surface area contributed by atoms with Crippen LogP contribution in [0.4, 0.5) is 0 Å². The topological polar surface area (TPSA) is 94.1 Å². The van der Waals surface area contributed by atoms with Crippen LogP contribution in [-0.4, -0.2) is 70.7 Å². The molecule has 0 bridgehead atoms. The summed E-state index contributed by atoms with van der Waals surface area (Å²) < 4.78 is 34.3. The lowest BCUT2D eigenvalue weighted by Gasteiger charge is -2.28. The van der Waals surface area contributed by atoms with Crippen LogP contribution >= 0.6 is 7.82 Å². The minimum absolute atomic E-state index is 0.0274. The molecule has 0 aromatic rings. The van der Waals surface area contributed by atoms with E-state index in [-0.39, 0.29) is 25.8 Å². The highest BCUT2D eigenvalue weighted by atomic mass is 31.2. The molecule has 0 heterocycles. The van der Waals surface area contributed by atoms with Gasteiger partial charge in [-0.2, -0.15) is 0 Å². The van der Waals surface area contributed by atoms with Crippen molar-refractivity contribution in [1.82, 2.24) is 0 Å². The van der Waals surface area contributed by atoms with E-state index in [4.69, 9.17) is 18.5 Å². The Kier molecular flexibility index (Phi) is 29.1. The summed E-state index contributed by atoms with van der Waals surface area (Å²) in [5.74, 6) is -0.340. The summed E-state index contributed by atoms with van der Waals surface area (Å²) in [6, 6.07) is 0. The lowest BCUT2D eigenvalue weighted by atomic mass is 10.1. The number of ether oxygens (including phenoxy) is 2. The minimum Gasteiger partial charge on any atom is -0.756 e. The van der Waals surface area contributed by atoms with E-state index in [1.165, 1.54) is 96.3 Å². The predicted octanol–water partition coefficient (Wildman–Crippen LogP) is 8.91. The molecule has 0 fully saturated rings. The molecule has 0 aliphatic rings. The molecule has 0 aliphatic heterocycles. The molecule has 0 amide bonds. The number of carbonyl (C=O) groups is 1. The molecular weight excluding hydrogens is 577 g/mol. The predicted molar refractivity (Wildman–Crippen MR) is 181 cm³/mol. The molecule has 0 N–H and O–H groups in total. The molecular formula is C35H70NO7P. The van der Waals surface area contributed by atoms with Crippen LogP contribution in [0.15, 0.2) is 12.2 Å². The molecule has 0 aliphatic carbocycles. The van der Waals surface area contributed by atoms with Gasteiger partial charge in [0.1, 0.15) is 19.3 Å². The molecule has 9 heteroatoms.